The molecule has 0 aromatic heterocycles. The first-order chi connectivity index (χ1) is 6.22. The number of esters is 1. The second kappa shape index (κ2) is 7.54. The Kier molecular flexibility index (Phi) is 6.91. The molecule has 0 rings (SSSR count). The molecule has 0 saturated carbocycles. The molecule has 0 spiro atoms. The molecule has 0 aromatic carbocycles. The molecule has 1 amide bonds. The highest BCUT2D eigenvalue weighted by Gasteiger charge is 2.12. The van der Waals surface area contributed by atoms with E-state index in [9.17, 15) is 9.59 Å². The maximum absolute atomic E-state index is 10.6. The SMILES string of the molecule is CCCCCCOC(=O)C(=O)NO. The number of hydrogen-bond donors (Lipinski definition) is 2. The van der Waals surface area contributed by atoms with E-state index < -0.39 is 11.9 Å². The zero-order valence-corrected chi connectivity index (χ0v) is 7.71. The van der Waals surface area contributed by atoms with Gasteiger partial charge in [0.2, 0.25) is 0 Å². The summed E-state index contributed by atoms with van der Waals surface area (Å²) >= 11 is 0. The Morgan fingerprint density at radius 2 is 2.00 bits per heavy atom. The van der Waals surface area contributed by atoms with Gasteiger partial charge in [0.25, 0.3) is 0 Å². The van der Waals surface area contributed by atoms with Gasteiger partial charge in [0.15, 0.2) is 0 Å². The van der Waals surface area contributed by atoms with E-state index in [0.29, 0.717) is 0 Å². The van der Waals surface area contributed by atoms with E-state index in [0.717, 1.165) is 25.7 Å². The van der Waals surface area contributed by atoms with Crippen molar-refractivity contribution in [3.8, 4) is 0 Å². The van der Waals surface area contributed by atoms with Gasteiger partial charge in [-0.15, -0.1) is 0 Å². The maximum atomic E-state index is 10.6. The standard InChI is InChI=1S/C8H15NO4/c1-2-3-4-5-6-13-8(11)7(10)9-12/h12H,2-6H2,1H3,(H,9,10). The Morgan fingerprint density at radius 3 is 2.54 bits per heavy atom. The van der Waals surface area contributed by atoms with Crippen molar-refractivity contribution in [1.29, 1.82) is 0 Å². The Labute approximate surface area is 77.0 Å². The summed E-state index contributed by atoms with van der Waals surface area (Å²) in [5.74, 6) is -2.17. The van der Waals surface area contributed by atoms with E-state index >= 15 is 0 Å². The van der Waals surface area contributed by atoms with Crippen LogP contribution in [-0.4, -0.2) is 23.7 Å². The molecule has 2 N–H and O–H groups in total. The van der Waals surface area contributed by atoms with E-state index in [1.54, 1.807) is 0 Å². The van der Waals surface area contributed by atoms with E-state index in [1.807, 2.05) is 0 Å². The lowest BCUT2D eigenvalue weighted by Gasteiger charge is -2.01. The molecular weight excluding hydrogens is 174 g/mol. The second-order valence-electron chi connectivity index (χ2n) is 2.64. The van der Waals surface area contributed by atoms with E-state index in [2.05, 4.69) is 11.7 Å². The predicted molar refractivity (Wildman–Crippen MR) is 45.0 cm³/mol. The van der Waals surface area contributed by atoms with Gasteiger partial charge in [0.05, 0.1) is 6.61 Å². The highest BCUT2D eigenvalue weighted by atomic mass is 16.6. The van der Waals surface area contributed by atoms with Gasteiger partial charge >= 0.3 is 11.9 Å². The molecule has 5 heteroatoms. The summed E-state index contributed by atoms with van der Waals surface area (Å²) in [5, 5.41) is 8.05. The number of ether oxygens (including phenoxy) is 1. The zero-order valence-electron chi connectivity index (χ0n) is 7.71. The molecule has 0 unspecified atom stereocenters. The Hall–Kier alpha value is -1.10. The fraction of sp³-hybridized carbons (Fsp3) is 0.750. The van der Waals surface area contributed by atoms with Gasteiger partial charge in [0.1, 0.15) is 0 Å². The first kappa shape index (κ1) is 11.9. The van der Waals surface area contributed by atoms with Gasteiger partial charge in [0, 0.05) is 0 Å². The molecule has 5 nitrogen and oxygen atoms in total. The van der Waals surface area contributed by atoms with E-state index in [4.69, 9.17) is 5.21 Å². The molecule has 0 bridgehead atoms. The molecule has 0 aliphatic carbocycles. The van der Waals surface area contributed by atoms with Crippen LogP contribution in [0.2, 0.25) is 0 Å². The van der Waals surface area contributed by atoms with E-state index in [-0.39, 0.29) is 6.61 Å². The Morgan fingerprint density at radius 1 is 1.31 bits per heavy atom. The highest BCUT2D eigenvalue weighted by Crippen LogP contribution is 1.98. The molecule has 0 saturated heterocycles. The lowest BCUT2D eigenvalue weighted by molar-refractivity contribution is -0.158. The van der Waals surface area contributed by atoms with E-state index in [1.165, 1.54) is 5.48 Å². The average molecular weight is 189 g/mol. The quantitative estimate of drug-likeness (QED) is 0.218. The van der Waals surface area contributed by atoms with Crippen LogP contribution in [0, 0.1) is 0 Å². The third-order valence-electron chi connectivity index (χ3n) is 1.52. The van der Waals surface area contributed by atoms with Crippen molar-refractivity contribution < 1.29 is 19.5 Å². The van der Waals surface area contributed by atoms with Crippen molar-refractivity contribution in [3.63, 3.8) is 0 Å². The van der Waals surface area contributed by atoms with Crippen molar-refractivity contribution in [2.75, 3.05) is 6.61 Å². The number of carbonyl (C=O) groups excluding carboxylic acids is 2. The summed E-state index contributed by atoms with van der Waals surface area (Å²) in [4.78, 5) is 21.0. The minimum Gasteiger partial charge on any atom is -0.458 e. The molecule has 0 heterocycles. The number of rotatable bonds is 5. The molecule has 0 radical (unpaired) electrons. The highest BCUT2D eigenvalue weighted by molar-refractivity contribution is 6.32. The van der Waals surface area contributed by atoms with Gasteiger partial charge in [-0.1, -0.05) is 26.2 Å². The van der Waals surface area contributed by atoms with Crippen LogP contribution < -0.4 is 5.48 Å². The predicted octanol–water partition coefficient (Wildman–Crippen LogP) is 0.615. The summed E-state index contributed by atoms with van der Waals surface area (Å²) in [6, 6.07) is 0. The number of carbonyl (C=O) groups is 2. The van der Waals surface area contributed by atoms with Crippen LogP contribution in [0.15, 0.2) is 0 Å². The van der Waals surface area contributed by atoms with Crippen LogP contribution in [0.25, 0.3) is 0 Å². The molecule has 0 aliphatic heterocycles. The number of hydrogen-bond acceptors (Lipinski definition) is 4. The first-order valence-electron chi connectivity index (χ1n) is 4.33. The third kappa shape index (κ3) is 6.10. The molecule has 0 atom stereocenters. The smallest absolute Gasteiger partial charge is 0.399 e. The molecule has 76 valence electrons. The van der Waals surface area contributed by atoms with Crippen LogP contribution >= 0.6 is 0 Å². The van der Waals surface area contributed by atoms with Gasteiger partial charge in [-0.3, -0.25) is 10.0 Å². The normalized spacial score (nSPS) is 9.38. The van der Waals surface area contributed by atoms with Crippen LogP contribution in [0.3, 0.4) is 0 Å². The second-order valence-corrected chi connectivity index (χ2v) is 2.64. The van der Waals surface area contributed by atoms with Gasteiger partial charge in [-0.25, -0.2) is 10.3 Å². The van der Waals surface area contributed by atoms with Crippen molar-refractivity contribution in [2.24, 2.45) is 0 Å². The number of nitrogens with one attached hydrogen (secondary N) is 1. The minimum atomic E-state index is -1.13. The number of amides is 1. The fourth-order valence-corrected chi connectivity index (χ4v) is 0.805. The van der Waals surface area contributed by atoms with Crippen molar-refractivity contribution in [1.82, 2.24) is 5.48 Å². The largest absolute Gasteiger partial charge is 0.458 e. The molecule has 0 aliphatic rings. The van der Waals surface area contributed by atoms with Crippen LogP contribution in [0.1, 0.15) is 32.6 Å². The number of unbranched alkanes of at least 4 members (excludes halogenated alkanes) is 3. The average Bonchev–Trinajstić information content (AvgIpc) is 2.16. The lowest BCUT2D eigenvalue weighted by Crippen LogP contribution is -2.29. The molecule has 13 heavy (non-hydrogen) atoms. The maximum Gasteiger partial charge on any atom is 0.399 e. The fourth-order valence-electron chi connectivity index (χ4n) is 0.805. The molecular formula is C8H15NO4. The Bertz CT molecular complexity index is 170. The van der Waals surface area contributed by atoms with Gasteiger partial charge in [-0.2, -0.15) is 0 Å². The zero-order chi connectivity index (χ0) is 10.1. The summed E-state index contributed by atoms with van der Waals surface area (Å²) in [7, 11) is 0. The monoisotopic (exact) mass is 189 g/mol. The summed E-state index contributed by atoms with van der Waals surface area (Å²) < 4.78 is 4.53. The van der Waals surface area contributed by atoms with Gasteiger partial charge < -0.3 is 4.74 Å². The first-order valence-corrected chi connectivity index (χ1v) is 4.33. The lowest BCUT2D eigenvalue weighted by atomic mass is 10.2. The summed E-state index contributed by atoms with van der Waals surface area (Å²) in [6.07, 6.45) is 3.91. The minimum absolute atomic E-state index is 0.228. The number of hydroxylamine groups is 1. The summed E-state index contributed by atoms with van der Waals surface area (Å²) in [6.45, 7) is 2.30. The van der Waals surface area contributed by atoms with Crippen molar-refractivity contribution in [2.45, 2.75) is 32.6 Å². The van der Waals surface area contributed by atoms with Crippen LogP contribution in [0.5, 0.6) is 0 Å². The third-order valence-corrected chi connectivity index (χ3v) is 1.52. The Balaban J connectivity index is 3.32. The summed E-state index contributed by atoms with van der Waals surface area (Å²) in [5.41, 5.74) is 1.20. The van der Waals surface area contributed by atoms with Crippen LogP contribution in [-0.2, 0) is 14.3 Å². The van der Waals surface area contributed by atoms with Gasteiger partial charge in [-0.05, 0) is 6.42 Å². The molecule has 0 fully saturated rings. The topological polar surface area (TPSA) is 75.6 Å². The molecule has 0 aromatic rings. The van der Waals surface area contributed by atoms with Crippen molar-refractivity contribution >= 4 is 11.9 Å². The van der Waals surface area contributed by atoms with Crippen molar-refractivity contribution in [3.05, 3.63) is 0 Å². The van der Waals surface area contributed by atoms with Crippen LogP contribution in [0.4, 0.5) is 0 Å².